The number of halogens is 3. The molecule has 1 fully saturated rings. The smallest absolute Gasteiger partial charge is 0.338 e. The van der Waals surface area contributed by atoms with Gasteiger partial charge in [0.05, 0.1) is 22.7 Å². The molecule has 0 unspecified atom stereocenters. The lowest BCUT2D eigenvalue weighted by Crippen LogP contribution is -2.50. The molecule has 0 atom stereocenters. The highest BCUT2D eigenvalue weighted by molar-refractivity contribution is 7.89. The molecule has 1 aromatic heterocycles. The third-order valence-corrected chi connectivity index (χ3v) is 6.28. The molecule has 29 heavy (non-hydrogen) atoms. The maximum Gasteiger partial charge on any atom is 0.416 e. The summed E-state index contributed by atoms with van der Waals surface area (Å²) in [7, 11) is -4.06. The minimum Gasteiger partial charge on any atom is -0.338 e. The van der Waals surface area contributed by atoms with Crippen molar-refractivity contribution in [2.24, 2.45) is 0 Å². The van der Waals surface area contributed by atoms with Crippen LogP contribution in [-0.2, 0) is 21.0 Å². The first kappa shape index (κ1) is 21.3. The second-order valence-electron chi connectivity index (χ2n) is 6.59. The highest BCUT2D eigenvalue weighted by Gasteiger charge is 2.34. The van der Waals surface area contributed by atoms with Crippen molar-refractivity contribution in [2.75, 3.05) is 38.0 Å². The van der Waals surface area contributed by atoms with Gasteiger partial charge in [-0.2, -0.15) is 17.5 Å². The lowest BCUT2D eigenvalue weighted by molar-refractivity contribution is -0.137. The number of benzene rings is 1. The fourth-order valence-electron chi connectivity index (χ4n) is 2.91. The van der Waals surface area contributed by atoms with Gasteiger partial charge in [-0.05, 0) is 25.1 Å². The Labute approximate surface area is 165 Å². The van der Waals surface area contributed by atoms with E-state index in [0.29, 0.717) is 11.8 Å². The number of hydrogen-bond donors (Lipinski definition) is 1. The summed E-state index contributed by atoms with van der Waals surface area (Å²) in [6.45, 7) is 2.39. The Morgan fingerprint density at radius 1 is 1.21 bits per heavy atom. The first-order valence-corrected chi connectivity index (χ1v) is 10.1. The van der Waals surface area contributed by atoms with E-state index in [1.807, 2.05) is 0 Å². The highest BCUT2D eigenvalue weighted by atomic mass is 32.2. The quantitative estimate of drug-likeness (QED) is 0.776. The van der Waals surface area contributed by atoms with Crippen LogP contribution in [-0.4, -0.2) is 61.4 Å². The predicted molar refractivity (Wildman–Crippen MR) is 96.5 cm³/mol. The van der Waals surface area contributed by atoms with Crippen LogP contribution in [0.5, 0.6) is 0 Å². The average molecular weight is 432 g/mol. The van der Waals surface area contributed by atoms with Crippen LogP contribution >= 0.6 is 0 Å². The Kier molecular flexibility index (Phi) is 5.96. The number of alkyl halides is 3. The number of aromatic nitrogens is 1. The molecule has 2 heterocycles. The summed E-state index contributed by atoms with van der Waals surface area (Å²) in [4.78, 5) is 13.4. The molecular formula is C17H19F3N4O4S. The summed E-state index contributed by atoms with van der Waals surface area (Å²) in [6.07, 6.45) is -4.63. The zero-order valence-corrected chi connectivity index (χ0v) is 16.3. The highest BCUT2D eigenvalue weighted by Crippen LogP contribution is 2.31. The molecule has 3 rings (SSSR count). The summed E-state index contributed by atoms with van der Waals surface area (Å²) in [5.41, 5.74) is -0.398. The van der Waals surface area contributed by atoms with E-state index in [-0.39, 0.29) is 44.5 Å². The summed E-state index contributed by atoms with van der Waals surface area (Å²) < 4.78 is 70.0. The Balaban J connectivity index is 1.59. The second-order valence-corrected chi connectivity index (χ2v) is 8.52. The molecule has 0 bridgehead atoms. The maximum atomic E-state index is 12.9. The SMILES string of the molecule is Cc1cc(NC(=O)CN2CCN(S(=O)(=O)c3cccc(C(F)(F)F)c3)CC2)on1. The molecule has 0 spiro atoms. The van der Waals surface area contributed by atoms with Gasteiger partial charge in [-0.25, -0.2) is 8.42 Å². The van der Waals surface area contributed by atoms with Crippen LogP contribution in [0.15, 0.2) is 39.8 Å². The van der Waals surface area contributed by atoms with Crippen LogP contribution in [0.1, 0.15) is 11.3 Å². The van der Waals surface area contributed by atoms with Crippen LogP contribution in [0.25, 0.3) is 0 Å². The molecule has 12 heteroatoms. The molecule has 1 aromatic carbocycles. The molecule has 0 saturated carbocycles. The van der Waals surface area contributed by atoms with Gasteiger partial charge in [-0.3, -0.25) is 15.0 Å². The van der Waals surface area contributed by atoms with Crippen molar-refractivity contribution in [1.29, 1.82) is 0 Å². The molecule has 2 aromatic rings. The maximum absolute atomic E-state index is 12.9. The lowest BCUT2D eigenvalue weighted by Gasteiger charge is -2.33. The molecule has 0 aliphatic carbocycles. The van der Waals surface area contributed by atoms with E-state index in [1.165, 1.54) is 0 Å². The van der Waals surface area contributed by atoms with E-state index < -0.39 is 26.7 Å². The molecular weight excluding hydrogens is 413 g/mol. The minimum absolute atomic E-state index is 0.0250. The number of anilines is 1. The van der Waals surface area contributed by atoms with Crippen LogP contribution < -0.4 is 5.32 Å². The Hall–Kier alpha value is -2.44. The molecule has 1 N–H and O–H groups in total. The largest absolute Gasteiger partial charge is 0.416 e. The topological polar surface area (TPSA) is 95.8 Å². The van der Waals surface area contributed by atoms with Crippen molar-refractivity contribution in [3.05, 3.63) is 41.6 Å². The van der Waals surface area contributed by atoms with Crippen molar-refractivity contribution >= 4 is 21.8 Å². The predicted octanol–water partition coefficient (Wildman–Crippen LogP) is 1.95. The molecule has 158 valence electrons. The van der Waals surface area contributed by atoms with E-state index in [4.69, 9.17) is 4.52 Å². The number of carbonyl (C=O) groups is 1. The minimum atomic E-state index is -4.63. The number of rotatable bonds is 5. The molecule has 8 nitrogen and oxygen atoms in total. The van der Waals surface area contributed by atoms with Crippen LogP contribution in [0.3, 0.4) is 0 Å². The van der Waals surface area contributed by atoms with E-state index in [9.17, 15) is 26.4 Å². The first-order valence-electron chi connectivity index (χ1n) is 8.68. The van der Waals surface area contributed by atoms with Gasteiger partial charge in [0.15, 0.2) is 0 Å². The summed E-state index contributed by atoms with van der Waals surface area (Å²) in [5, 5.41) is 6.21. The van der Waals surface area contributed by atoms with Gasteiger partial charge < -0.3 is 4.52 Å². The van der Waals surface area contributed by atoms with E-state index in [1.54, 1.807) is 17.9 Å². The van der Waals surface area contributed by atoms with Crippen LogP contribution in [0, 0.1) is 6.92 Å². The van der Waals surface area contributed by atoms with Gasteiger partial charge >= 0.3 is 6.18 Å². The third kappa shape index (κ3) is 5.14. The van der Waals surface area contributed by atoms with Crippen LogP contribution in [0.2, 0.25) is 0 Å². The fraction of sp³-hybridized carbons (Fsp3) is 0.412. The van der Waals surface area contributed by atoms with Crippen molar-refractivity contribution < 1.29 is 30.9 Å². The van der Waals surface area contributed by atoms with Gasteiger partial charge in [-0.1, -0.05) is 11.2 Å². The molecule has 1 aliphatic rings. The van der Waals surface area contributed by atoms with Crippen molar-refractivity contribution in [2.45, 2.75) is 18.0 Å². The van der Waals surface area contributed by atoms with Crippen molar-refractivity contribution in [1.82, 2.24) is 14.4 Å². The average Bonchev–Trinajstić information content (AvgIpc) is 3.06. The second kappa shape index (κ2) is 8.13. The van der Waals surface area contributed by atoms with Crippen LogP contribution in [0.4, 0.5) is 19.1 Å². The summed E-state index contributed by atoms with van der Waals surface area (Å²) >= 11 is 0. The zero-order chi connectivity index (χ0) is 21.2. The first-order chi connectivity index (χ1) is 13.6. The third-order valence-electron chi connectivity index (χ3n) is 4.39. The number of amides is 1. The molecule has 1 amide bonds. The zero-order valence-electron chi connectivity index (χ0n) is 15.4. The van der Waals surface area contributed by atoms with Gasteiger partial charge in [0, 0.05) is 32.2 Å². The number of aryl methyl sites for hydroxylation is 1. The number of sulfonamides is 1. The normalized spacial score (nSPS) is 16.7. The number of piperazine rings is 1. The van der Waals surface area contributed by atoms with Crippen molar-refractivity contribution in [3.63, 3.8) is 0 Å². The van der Waals surface area contributed by atoms with Crippen molar-refractivity contribution in [3.8, 4) is 0 Å². The molecule has 1 saturated heterocycles. The molecule has 1 aliphatic heterocycles. The summed E-state index contributed by atoms with van der Waals surface area (Å²) in [5.74, 6) is -0.117. The number of carbonyl (C=O) groups excluding carboxylic acids is 1. The number of nitrogens with one attached hydrogen (secondary N) is 1. The van der Waals surface area contributed by atoms with Gasteiger partial charge in [0.2, 0.25) is 21.8 Å². The standard InChI is InChI=1S/C17H19F3N4O4S/c1-12-9-16(28-22-12)21-15(25)11-23-5-7-24(8-6-23)29(26,27)14-4-2-3-13(10-14)17(18,19)20/h2-4,9-10H,5-8,11H2,1H3,(H,21,25). The Morgan fingerprint density at radius 2 is 1.90 bits per heavy atom. The Bertz CT molecular complexity index is 983. The van der Waals surface area contributed by atoms with Gasteiger partial charge in [0.25, 0.3) is 0 Å². The fourth-order valence-corrected chi connectivity index (χ4v) is 4.38. The molecule has 0 radical (unpaired) electrons. The number of hydrogen-bond acceptors (Lipinski definition) is 6. The summed E-state index contributed by atoms with van der Waals surface area (Å²) in [6, 6.07) is 5.24. The van der Waals surface area contributed by atoms with E-state index in [0.717, 1.165) is 22.5 Å². The van der Waals surface area contributed by atoms with E-state index >= 15 is 0 Å². The lowest BCUT2D eigenvalue weighted by atomic mass is 10.2. The monoisotopic (exact) mass is 432 g/mol. The number of nitrogens with zero attached hydrogens (tertiary/aromatic N) is 3. The van der Waals surface area contributed by atoms with Gasteiger partial charge in [-0.15, -0.1) is 0 Å². The Morgan fingerprint density at radius 3 is 2.48 bits per heavy atom. The van der Waals surface area contributed by atoms with E-state index in [2.05, 4.69) is 10.5 Å². The van der Waals surface area contributed by atoms with Gasteiger partial charge in [0.1, 0.15) is 0 Å².